The first kappa shape index (κ1) is 25.7. The Bertz CT molecular complexity index is 1430. The van der Waals surface area contributed by atoms with Crippen LogP contribution in [-0.2, 0) is 11.3 Å². The molecule has 0 saturated carbocycles. The van der Waals surface area contributed by atoms with E-state index in [4.69, 9.17) is 10.5 Å². The molecule has 3 aromatic rings. The number of hydrogen-bond donors (Lipinski definition) is 3. The highest BCUT2D eigenvalue weighted by atomic mass is 16.5. The van der Waals surface area contributed by atoms with Crippen LogP contribution >= 0.6 is 0 Å². The van der Waals surface area contributed by atoms with E-state index >= 15 is 0 Å². The lowest BCUT2D eigenvalue weighted by atomic mass is 9.96. The molecule has 1 atom stereocenters. The van der Waals surface area contributed by atoms with Crippen molar-refractivity contribution in [2.75, 3.05) is 18.5 Å². The average Bonchev–Trinajstić information content (AvgIpc) is 2.91. The van der Waals surface area contributed by atoms with Gasteiger partial charge in [0.1, 0.15) is 11.7 Å². The Hall–Kier alpha value is -3.94. The van der Waals surface area contributed by atoms with Crippen molar-refractivity contribution in [3.63, 3.8) is 0 Å². The molecule has 0 spiro atoms. The van der Waals surface area contributed by atoms with Gasteiger partial charge in [0.25, 0.3) is 5.91 Å². The molecule has 1 saturated heterocycles. The molecule has 1 aromatic heterocycles. The van der Waals surface area contributed by atoms with Gasteiger partial charge in [0, 0.05) is 43.4 Å². The number of anilines is 1. The van der Waals surface area contributed by atoms with Crippen LogP contribution in [-0.4, -0.2) is 29.9 Å². The van der Waals surface area contributed by atoms with E-state index in [1.807, 2.05) is 85.4 Å². The summed E-state index contributed by atoms with van der Waals surface area (Å²) in [4.78, 5) is 27.0. The molecule has 2 aliphatic heterocycles. The summed E-state index contributed by atoms with van der Waals surface area (Å²) in [6.45, 7) is 6.25. The molecule has 7 heteroatoms. The van der Waals surface area contributed by atoms with Crippen molar-refractivity contribution in [1.82, 2.24) is 9.88 Å². The van der Waals surface area contributed by atoms with Crippen LogP contribution in [0.25, 0.3) is 16.7 Å². The van der Waals surface area contributed by atoms with Gasteiger partial charge in [-0.2, -0.15) is 0 Å². The fourth-order valence-electron chi connectivity index (χ4n) is 5.10. The third-order valence-corrected chi connectivity index (χ3v) is 7.29. The number of carbonyl (C=O) groups excluding carboxylic acids is 1. The zero-order valence-electron chi connectivity index (χ0n) is 21.9. The van der Waals surface area contributed by atoms with Crippen LogP contribution in [0.3, 0.4) is 0 Å². The molecule has 2 aromatic carbocycles. The van der Waals surface area contributed by atoms with Crippen LogP contribution in [0.2, 0.25) is 0 Å². The normalized spacial score (nSPS) is 17.8. The van der Waals surface area contributed by atoms with Crippen molar-refractivity contribution < 1.29 is 9.53 Å². The van der Waals surface area contributed by atoms with Crippen molar-refractivity contribution in [3.8, 4) is 11.1 Å². The molecule has 1 fully saturated rings. The average molecular weight is 511 g/mol. The largest absolute Gasteiger partial charge is 0.381 e. The second-order valence-corrected chi connectivity index (χ2v) is 10.1. The number of ether oxygens (including phenoxy) is 1. The summed E-state index contributed by atoms with van der Waals surface area (Å²) in [6, 6.07) is 15.4. The molecule has 0 radical (unpaired) electrons. The third-order valence-electron chi connectivity index (χ3n) is 7.29. The molecule has 2 aliphatic rings. The number of nitrogens with one attached hydrogen (secondary N) is 2. The number of nitrogens with zero attached hydrogens (tertiary/aromatic N) is 1. The SMILES string of the molecule is CC1=C(c2ccc(NC(=O)c3cn(CC4CCOCC4)cc(-c4ccc(C)cc4)c3=O)cc2)C(N)NC=C1. The maximum absolute atomic E-state index is 13.5. The number of pyridine rings is 1. The number of aromatic nitrogens is 1. The molecule has 38 heavy (non-hydrogen) atoms. The molecule has 4 N–H and O–H groups in total. The van der Waals surface area contributed by atoms with Gasteiger partial charge in [0.05, 0.1) is 0 Å². The van der Waals surface area contributed by atoms with Gasteiger partial charge in [-0.25, -0.2) is 0 Å². The number of hydrogen-bond acceptors (Lipinski definition) is 5. The number of aryl methyl sites for hydroxylation is 1. The highest BCUT2D eigenvalue weighted by Crippen LogP contribution is 2.26. The maximum atomic E-state index is 13.5. The van der Waals surface area contributed by atoms with Crippen LogP contribution in [0.5, 0.6) is 0 Å². The molecule has 3 heterocycles. The number of benzene rings is 2. The van der Waals surface area contributed by atoms with Crippen LogP contribution in [0.4, 0.5) is 5.69 Å². The van der Waals surface area contributed by atoms with Crippen molar-refractivity contribution in [2.45, 2.75) is 39.4 Å². The molecule has 196 valence electrons. The fraction of sp³-hybridized carbons (Fsp3) is 0.290. The Balaban J connectivity index is 1.44. The summed E-state index contributed by atoms with van der Waals surface area (Å²) in [7, 11) is 0. The van der Waals surface area contributed by atoms with Gasteiger partial charge in [0.15, 0.2) is 0 Å². The first-order chi connectivity index (χ1) is 18.4. The van der Waals surface area contributed by atoms with Crippen molar-refractivity contribution in [2.24, 2.45) is 11.7 Å². The minimum absolute atomic E-state index is 0.126. The highest BCUT2D eigenvalue weighted by molar-refractivity contribution is 6.04. The van der Waals surface area contributed by atoms with Gasteiger partial charge in [0.2, 0.25) is 5.43 Å². The quantitative estimate of drug-likeness (QED) is 0.447. The topological polar surface area (TPSA) is 98.4 Å². The van der Waals surface area contributed by atoms with Gasteiger partial charge >= 0.3 is 0 Å². The van der Waals surface area contributed by atoms with E-state index in [0.29, 0.717) is 17.2 Å². The molecular weight excluding hydrogens is 476 g/mol. The molecule has 1 amide bonds. The van der Waals surface area contributed by atoms with Crippen molar-refractivity contribution >= 4 is 17.2 Å². The molecule has 7 nitrogen and oxygen atoms in total. The number of rotatable bonds is 6. The van der Waals surface area contributed by atoms with Crippen LogP contribution in [0.15, 0.2) is 83.6 Å². The number of amides is 1. The Morgan fingerprint density at radius 1 is 1.03 bits per heavy atom. The molecule has 5 rings (SSSR count). The minimum Gasteiger partial charge on any atom is -0.381 e. The number of dihydropyridines is 1. The lowest BCUT2D eigenvalue weighted by molar-refractivity contribution is 0.0612. The lowest BCUT2D eigenvalue weighted by Gasteiger charge is -2.24. The van der Waals surface area contributed by atoms with Crippen LogP contribution in [0, 0.1) is 12.8 Å². The summed E-state index contributed by atoms with van der Waals surface area (Å²) in [6.07, 6.45) is 9.03. The standard InChI is InChI=1S/C31H34N4O3/c1-20-3-5-23(6-4-20)26-18-35(17-22-12-15-38-16-13-22)19-27(29(26)36)31(37)34-25-9-7-24(8-10-25)28-21(2)11-14-33-30(28)32/h3-11,14,18-19,22,30,33H,12-13,15-17,32H2,1-2H3,(H,34,37). The predicted molar refractivity (Wildman–Crippen MR) is 152 cm³/mol. The van der Waals surface area contributed by atoms with Crippen LogP contribution < -0.4 is 21.8 Å². The van der Waals surface area contributed by atoms with Crippen molar-refractivity contribution in [3.05, 3.63) is 106 Å². The summed E-state index contributed by atoms with van der Waals surface area (Å²) in [5.41, 5.74) is 12.2. The van der Waals surface area contributed by atoms with E-state index in [2.05, 4.69) is 10.6 Å². The summed E-state index contributed by atoms with van der Waals surface area (Å²) < 4.78 is 7.50. The second-order valence-electron chi connectivity index (χ2n) is 10.1. The van der Waals surface area contributed by atoms with E-state index < -0.39 is 5.91 Å². The summed E-state index contributed by atoms with van der Waals surface area (Å²) in [5.74, 6) is 0.0145. The van der Waals surface area contributed by atoms with Crippen molar-refractivity contribution in [1.29, 1.82) is 0 Å². The van der Waals surface area contributed by atoms with Crippen LogP contribution in [0.1, 0.15) is 41.3 Å². The first-order valence-corrected chi connectivity index (χ1v) is 13.1. The zero-order chi connectivity index (χ0) is 26.6. The molecule has 0 aliphatic carbocycles. The zero-order valence-corrected chi connectivity index (χ0v) is 21.9. The van der Waals surface area contributed by atoms with E-state index in [1.165, 1.54) is 0 Å². The van der Waals surface area contributed by atoms with Gasteiger partial charge in [-0.3, -0.25) is 9.59 Å². The molecule has 0 bridgehead atoms. The fourth-order valence-corrected chi connectivity index (χ4v) is 5.10. The highest BCUT2D eigenvalue weighted by Gasteiger charge is 2.20. The summed E-state index contributed by atoms with van der Waals surface area (Å²) in [5, 5.41) is 6.04. The number of carbonyl (C=O) groups is 1. The van der Waals surface area contributed by atoms with Gasteiger partial charge < -0.3 is 25.7 Å². The minimum atomic E-state index is -0.424. The van der Waals surface area contributed by atoms with Gasteiger partial charge in [-0.05, 0) is 79.3 Å². The Kier molecular flexibility index (Phi) is 7.58. The Labute approximate surface area is 223 Å². The van der Waals surface area contributed by atoms with Gasteiger partial charge in [-0.1, -0.05) is 42.0 Å². The predicted octanol–water partition coefficient (Wildman–Crippen LogP) is 4.68. The molecular formula is C31H34N4O3. The smallest absolute Gasteiger partial charge is 0.261 e. The van der Waals surface area contributed by atoms with E-state index in [0.717, 1.165) is 60.4 Å². The first-order valence-electron chi connectivity index (χ1n) is 13.1. The number of nitrogens with two attached hydrogens (primary N) is 1. The number of allylic oxidation sites excluding steroid dienone is 2. The Morgan fingerprint density at radius 2 is 1.71 bits per heavy atom. The lowest BCUT2D eigenvalue weighted by Crippen LogP contribution is -2.37. The van der Waals surface area contributed by atoms with E-state index in [1.54, 1.807) is 6.20 Å². The second kappa shape index (κ2) is 11.2. The van der Waals surface area contributed by atoms with Gasteiger partial charge in [-0.15, -0.1) is 0 Å². The van der Waals surface area contributed by atoms with E-state index in [9.17, 15) is 9.59 Å². The van der Waals surface area contributed by atoms with E-state index in [-0.39, 0.29) is 17.2 Å². The maximum Gasteiger partial charge on any atom is 0.261 e. The Morgan fingerprint density at radius 3 is 2.39 bits per heavy atom. The monoisotopic (exact) mass is 510 g/mol. The molecule has 1 unspecified atom stereocenters. The summed E-state index contributed by atoms with van der Waals surface area (Å²) >= 11 is 0. The third kappa shape index (κ3) is 5.64.